The summed E-state index contributed by atoms with van der Waals surface area (Å²) in [6.07, 6.45) is 2.81. The summed E-state index contributed by atoms with van der Waals surface area (Å²) >= 11 is 0. The van der Waals surface area contributed by atoms with E-state index in [-0.39, 0.29) is 76.2 Å². The highest BCUT2D eigenvalue weighted by molar-refractivity contribution is 7.28. The number of carbonyl (C=O) groups excluding carboxylic acids is 3. The Labute approximate surface area is 227 Å². The molecular weight excluding hydrogens is 518 g/mol. The van der Waals surface area contributed by atoms with Crippen molar-refractivity contribution in [3.05, 3.63) is 0 Å². The first-order valence-electron chi connectivity index (χ1n) is 12.6. The summed E-state index contributed by atoms with van der Waals surface area (Å²) in [6, 6.07) is -0.191. The van der Waals surface area contributed by atoms with Gasteiger partial charge in [0.15, 0.2) is 0 Å². The van der Waals surface area contributed by atoms with Gasteiger partial charge in [-0.05, 0) is 25.7 Å². The number of carboxylic acids is 1. The van der Waals surface area contributed by atoms with Crippen LogP contribution in [0.25, 0.3) is 0 Å². The number of carboxylic acid groups (broad SMARTS) is 1. The third kappa shape index (κ3) is 25.6. The average Bonchev–Trinajstić information content (AvgIpc) is 2.86. The van der Waals surface area contributed by atoms with Crippen molar-refractivity contribution in [2.75, 3.05) is 72.5 Å². The minimum absolute atomic E-state index is 0.0368. The molecule has 0 aromatic rings. The Kier molecular flexibility index (Phi) is 23.8. The van der Waals surface area contributed by atoms with Gasteiger partial charge in [-0.3, -0.25) is 19.2 Å². The lowest BCUT2D eigenvalue weighted by Gasteiger charge is -2.11. The fourth-order valence-electron chi connectivity index (χ4n) is 2.76. The normalized spacial score (nSPS) is 11.5. The Hall–Kier alpha value is -2.09. The maximum absolute atomic E-state index is 11.7. The fourth-order valence-corrected chi connectivity index (χ4v) is 2.90. The molecule has 1 atom stereocenters. The molecule has 0 bridgehead atoms. The molecule has 3 amide bonds. The Morgan fingerprint density at radius 1 is 0.711 bits per heavy atom. The Bertz CT molecular complexity index is 704. The molecule has 0 aromatic heterocycles. The molecular formula is C23H42BN4O9P. The quantitative estimate of drug-likeness (QED) is 0.0478. The highest BCUT2D eigenvalue weighted by Gasteiger charge is 2.05. The zero-order chi connectivity index (χ0) is 28.4. The van der Waals surface area contributed by atoms with Crippen molar-refractivity contribution in [2.45, 2.75) is 44.6 Å². The van der Waals surface area contributed by atoms with Gasteiger partial charge in [0.05, 0.1) is 39.6 Å². The van der Waals surface area contributed by atoms with E-state index in [1.165, 1.54) is 0 Å². The predicted octanol–water partition coefficient (Wildman–Crippen LogP) is -1.40. The lowest BCUT2D eigenvalue weighted by atomic mass is 9.94. The monoisotopic (exact) mass is 560 g/mol. The number of nitrogens with two attached hydrogens (primary N) is 1. The van der Waals surface area contributed by atoms with Gasteiger partial charge in [0.1, 0.15) is 21.1 Å². The zero-order valence-corrected chi connectivity index (χ0v) is 23.0. The Morgan fingerprint density at radius 3 is 1.74 bits per heavy atom. The van der Waals surface area contributed by atoms with Crippen molar-refractivity contribution in [1.82, 2.24) is 16.0 Å². The van der Waals surface area contributed by atoms with Crippen LogP contribution in [-0.2, 0) is 38.1 Å². The maximum atomic E-state index is 11.7. The largest absolute Gasteiger partial charge is 0.481 e. The number of amides is 3. The number of hydrogen-bond donors (Lipinski definition) is 5. The molecule has 2 radical (unpaired) electrons. The summed E-state index contributed by atoms with van der Waals surface area (Å²) in [5, 5.41) is 17.1. The van der Waals surface area contributed by atoms with Crippen molar-refractivity contribution in [2.24, 2.45) is 5.73 Å². The molecule has 0 aliphatic rings. The molecule has 13 nitrogen and oxygen atoms in total. The molecule has 0 aliphatic heterocycles. The minimum Gasteiger partial charge on any atom is -0.481 e. The van der Waals surface area contributed by atoms with Gasteiger partial charge in [-0.2, -0.15) is 0 Å². The highest BCUT2D eigenvalue weighted by atomic mass is 31.0. The number of rotatable bonds is 26. The maximum Gasteiger partial charge on any atom is 0.303 e. The summed E-state index contributed by atoms with van der Waals surface area (Å²) in [5.74, 6) is -1.63. The summed E-state index contributed by atoms with van der Waals surface area (Å²) in [7, 11) is 8.74. The molecule has 0 aliphatic carbocycles. The molecule has 0 saturated heterocycles. The summed E-state index contributed by atoms with van der Waals surface area (Å²) < 4.78 is 21.1. The van der Waals surface area contributed by atoms with Gasteiger partial charge in [-0.15, -0.1) is 8.86 Å². The van der Waals surface area contributed by atoms with E-state index in [0.29, 0.717) is 44.5 Å². The lowest BCUT2D eigenvalue weighted by molar-refractivity contribution is -0.137. The number of unbranched alkanes of at least 4 members (excludes halogenated alkanes) is 1. The van der Waals surface area contributed by atoms with Crippen LogP contribution < -0.4 is 21.7 Å². The lowest BCUT2D eigenvalue weighted by Crippen LogP contribution is -2.32. The first kappa shape index (κ1) is 35.9. The van der Waals surface area contributed by atoms with Gasteiger partial charge in [0, 0.05) is 38.5 Å². The van der Waals surface area contributed by atoms with Crippen molar-refractivity contribution in [3.8, 4) is 0 Å². The van der Waals surface area contributed by atoms with Gasteiger partial charge in [0.2, 0.25) is 17.7 Å². The Morgan fingerprint density at radius 2 is 1.21 bits per heavy atom. The zero-order valence-electron chi connectivity index (χ0n) is 22.0. The number of nitrogens with one attached hydrogen (secondary N) is 3. The van der Waals surface area contributed by atoms with E-state index in [2.05, 4.69) is 24.8 Å². The fraction of sp³-hybridized carbons (Fsp3) is 0.783. The van der Waals surface area contributed by atoms with Crippen LogP contribution in [-0.4, -0.2) is 120 Å². The molecule has 0 fully saturated rings. The van der Waals surface area contributed by atoms with Crippen LogP contribution in [0.1, 0.15) is 38.5 Å². The van der Waals surface area contributed by atoms with E-state index in [1.54, 1.807) is 0 Å². The second-order valence-corrected chi connectivity index (χ2v) is 8.76. The molecule has 15 heteroatoms. The molecule has 216 valence electrons. The highest BCUT2D eigenvalue weighted by Crippen LogP contribution is 1.99. The van der Waals surface area contributed by atoms with Crippen LogP contribution in [0, 0.1) is 0 Å². The smallest absolute Gasteiger partial charge is 0.303 e. The second-order valence-electron chi connectivity index (χ2n) is 8.18. The van der Waals surface area contributed by atoms with Crippen LogP contribution in [0.2, 0.25) is 0 Å². The van der Waals surface area contributed by atoms with Crippen molar-refractivity contribution < 1.29 is 43.2 Å². The molecule has 0 aromatic carbocycles. The summed E-state index contributed by atoms with van der Waals surface area (Å²) in [5.41, 5.74) is 5.78. The molecule has 38 heavy (non-hydrogen) atoms. The van der Waals surface area contributed by atoms with Crippen LogP contribution in [0.15, 0.2) is 0 Å². The molecule has 0 spiro atoms. The third-order valence-corrected chi connectivity index (χ3v) is 5.18. The summed E-state index contributed by atoms with van der Waals surface area (Å²) in [4.78, 5) is 45.2. The van der Waals surface area contributed by atoms with E-state index < -0.39 is 5.97 Å². The predicted molar refractivity (Wildman–Crippen MR) is 145 cm³/mol. The number of ether oxygens (including phenoxy) is 4. The standard InChI is InChI=1S/C23H42BN4O9P/c24-23(38)18(25)4-1-2-7-26-20(30)16-36-14-13-35-11-9-28-21(31)17-37-15-12-34-10-8-27-19(29)5-3-6-22(32)33/h18,38H,1-17,25H2,(H,26,30)(H,27,29)(H,28,31)(H,32,33)/t18-/m0/s1. The van der Waals surface area contributed by atoms with Crippen LogP contribution in [0.5, 0.6) is 0 Å². The first-order valence-corrected chi connectivity index (χ1v) is 13.1. The topological polar surface area (TPSA) is 188 Å². The van der Waals surface area contributed by atoms with E-state index in [4.69, 9.17) is 37.6 Å². The SMILES string of the molecule is [B]C(=P)[C@@H](N)CCCCNC(=O)COCCOCCNC(=O)COCCOCCNC(=O)CCCC(=O)O. The number of aliphatic carboxylic acids is 1. The molecule has 0 rings (SSSR count). The van der Waals surface area contributed by atoms with Crippen molar-refractivity contribution in [3.63, 3.8) is 0 Å². The molecule has 0 heterocycles. The van der Waals surface area contributed by atoms with Gasteiger partial charge < -0.3 is 45.7 Å². The minimum atomic E-state index is -0.926. The third-order valence-electron chi connectivity index (χ3n) is 4.81. The van der Waals surface area contributed by atoms with E-state index in [0.717, 1.165) is 19.3 Å². The van der Waals surface area contributed by atoms with Gasteiger partial charge in [0.25, 0.3) is 0 Å². The van der Waals surface area contributed by atoms with Gasteiger partial charge >= 0.3 is 5.97 Å². The van der Waals surface area contributed by atoms with Crippen LogP contribution >= 0.6 is 8.86 Å². The Balaban J connectivity index is 3.38. The van der Waals surface area contributed by atoms with Crippen molar-refractivity contribution >= 4 is 45.6 Å². The summed E-state index contributed by atoms with van der Waals surface area (Å²) in [6.45, 7) is 2.63. The first-order chi connectivity index (χ1) is 18.2. The van der Waals surface area contributed by atoms with Crippen molar-refractivity contribution in [1.29, 1.82) is 0 Å². The molecule has 0 unspecified atom stereocenters. The van der Waals surface area contributed by atoms with E-state index in [9.17, 15) is 19.2 Å². The van der Waals surface area contributed by atoms with Crippen LogP contribution in [0.4, 0.5) is 0 Å². The van der Waals surface area contributed by atoms with E-state index >= 15 is 0 Å². The number of hydrogen-bond acceptors (Lipinski definition) is 9. The second kappa shape index (κ2) is 25.2. The van der Waals surface area contributed by atoms with E-state index in [1.807, 2.05) is 0 Å². The molecule has 6 N–H and O–H groups in total. The van der Waals surface area contributed by atoms with Crippen LogP contribution in [0.3, 0.4) is 0 Å². The van der Waals surface area contributed by atoms with Gasteiger partial charge in [-0.25, -0.2) is 0 Å². The number of carbonyl (C=O) groups is 4. The molecule has 0 saturated carbocycles. The average molecular weight is 560 g/mol. The van der Waals surface area contributed by atoms with Gasteiger partial charge in [-0.1, -0.05) is 5.19 Å².